The number of hydrogen-bond donors (Lipinski definition) is 4. The van der Waals surface area contributed by atoms with E-state index in [-0.39, 0.29) is 6.17 Å². The highest BCUT2D eigenvalue weighted by atomic mass is 16.5. The Balaban J connectivity index is 0.000000167. The van der Waals surface area contributed by atoms with Gasteiger partial charge in [-0.05, 0) is 202 Å². The molecule has 2 aromatic rings. The van der Waals surface area contributed by atoms with Gasteiger partial charge in [0.05, 0.1) is 20.4 Å². The molecule has 300 valence electrons. The van der Waals surface area contributed by atoms with Gasteiger partial charge in [-0.3, -0.25) is 5.32 Å². The van der Waals surface area contributed by atoms with E-state index in [0.717, 1.165) is 66.0 Å². The minimum atomic E-state index is 0.169. The van der Waals surface area contributed by atoms with Gasteiger partial charge < -0.3 is 26.3 Å². The number of methoxy groups -OCH3 is 2. The molecular weight excluding hydrogens is 665 g/mol. The van der Waals surface area contributed by atoms with Crippen LogP contribution in [0.15, 0.2) is 36.4 Å². The number of benzene rings is 2. The minimum absolute atomic E-state index is 0.169. The van der Waals surface area contributed by atoms with E-state index in [1.807, 2.05) is 0 Å². The van der Waals surface area contributed by atoms with Gasteiger partial charge in [-0.2, -0.15) is 0 Å². The van der Waals surface area contributed by atoms with Gasteiger partial charge in [0.15, 0.2) is 0 Å². The molecule has 6 N–H and O–H groups in total. The Labute approximate surface area is 329 Å². The van der Waals surface area contributed by atoms with E-state index < -0.39 is 0 Å². The summed E-state index contributed by atoms with van der Waals surface area (Å²) in [6, 6.07) is 15.0. The number of aryl methyl sites for hydroxylation is 2. The maximum absolute atomic E-state index is 6.42. The third-order valence-electron chi connectivity index (χ3n) is 16.4. The first-order chi connectivity index (χ1) is 26.2. The molecule has 6 nitrogen and oxygen atoms in total. The van der Waals surface area contributed by atoms with Crippen molar-refractivity contribution >= 4 is 0 Å². The first-order valence-electron chi connectivity index (χ1n) is 22.5. The summed E-state index contributed by atoms with van der Waals surface area (Å²) in [5.41, 5.74) is 19.3. The van der Waals surface area contributed by atoms with Crippen molar-refractivity contribution < 1.29 is 9.47 Å². The SMILES string of the molecule is CCCCC(N)N[C@H]1CC[C@H]2[C@@H]3CCc4cc(OC)ccc4[C@H]3CC[C@]12C.COc1ccc2c(c1)CC[C@@H]1[C@@H]2CC[C@]2(C)[C@@H](NCCCCCN)CC[C@@H]12. The molecule has 0 heterocycles. The summed E-state index contributed by atoms with van der Waals surface area (Å²) in [4.78, 5) is 0. The van der Waals surface area contributed by atoms with Crippen LogP contribution in [0.1, 0.15) is 158 Å². The molecule has 2 aromatic carbocycles. The fourth-order valence-corrected chi connectivity index (χ4v) is 13.5. The predicted octanol–water partition coefficient (Wildman–Crippen LogP) is 9.62. The Bertz CT molecular complexity index is 1530. The lowest BCUT2D eigenvalue weighted by Gasteiger charge is -2.51. The Morgan fingerprint density at radius 1 is 0.704 bits per heavy atom. The predicted molar refractivity (Wildman–Crippen MR) is 224 cm³/mol. The van der Waals surface area contributed by atoms with Gasteiger partial charge >= 0.3 is 0 Å². The van der Waals surface area contributed by atoms with Crippen molar-refractivity contribution in [2.45, 2.75) is 166 Å². The van der Waals surface area contributed by atoms with Crippen LogP contribution in [0.2, 0.25) is 0 Å². The smallest absolute Gasteiger partial charge is 0.119 e. The lowest BCUT2D eigenvalue weighted by atomic mass is 9.55. The summed E-state index contributed by atoms with van der Waals surface area (Å²) in [5.74, 6) is 7.05. The van der Waals surface area contributed by atoms with E-state index in [1.165, 1.54) is 121 Å². The maximum Gasteiger partial charge on any atom is 0.119 e. The molecule has 54 heavy (non-hydrogen) atoms. The normalized spacial score (nSPS) is 35.2. The zero-order chi connectivity index (χ0) is 37.9. The average Bonchev–Trinajstić information content (AvgIpc) is 3.71. The summed E-state index contributed by atoms with van der Waals surface area (Å²) in [6.45, 7) is 9.41. The highest BCUT2D eigenvalue weighted by molar-refractivity contribution is 5.42. The Morgan fingerprint density at radius 2 is 1.26 bits per heavy atom. The van der Waals surface area contributed by atoms with Crippen LogP contribution in [0.25, 0.3) is 0 Å². The quantitative estimate of drug-likeness (QED) is 0.121. The molecule has 0 aromatic heterocycles. The molecule has 0 aliphatic heterocycles. The first-order valence-corrected chi connectivity index (χ1v) is 22.5. The summed E-state index contributed by atoms with van der Waals surface area (Å²) in [7, 11) is 3.55. The van der Waals surface area contributed by atoms with Crippen molar-refractivity contribution in [1.29, 1.82) is 0 Å². The monoisotopic (exact) mass is 741 g/mol. The fraction of sp³-hybridized carbons (Fsp3) is 0.750. The lowest BCUT2D eigenvalue weighted by Crippen LogP contribution is -2.53. The molecule has 6 aliphatic rings. The number of nitrogens with one attached hydrogen (secondary N) is 2. The molecule has 6 heteroatoms. The van der Waals surface area contributed by atoms with Crippen LogP contribution in [-0.2, 0) is 12.8 Å². The van der Waals surface area contributed by atoms with Crippen molar-refractivity contribution in [3.8, 4) is 11.5 Å². The maximum atomic E-state index is 6.42. The molecule has 0 spiro atoms. The first kappa shape index (κ1) is 40.1. The number of nitrogens with two attached hydrogens (primary N) is 2. The van der Waals surface area contributed by atoms with Crippen LogP contribution in [0.4, 0.5) is 0 Å². The van der Waals surface area contributed by atoms with Gasteiger partial charge in [0.1, 0.15) is 11.5 Å². The molecule has 0 amide bonds. The molecule has 8 rings (SSSR count). The summed E-state index contributed by atoms with van der Waals surface area (Å²) < 4.78 is 10.9. The van der Waals surface area contributed by atoms with Crippen LogP contribution < -0.4 is 31.6 Å². The summed E-state index contributed by atoms with van der Waals surface area (Å²) in [5, 5.41) is 7.80. The van der Waals surface area contributed by atoms with Gasteiger partial charge in [-0.1, -0.05) is 52.2 Å². The van der Waals surface area contributed by atoms with Gasteiger partial charge in [-0.15, -0.1) is 0 Å². The number of fused-ring (bicyclic) bond motifs is 10. The van der Waals surface area contributed by atoms with Crippen molar-refractivity contribution in [1.82, 2.24) is 10.6 Å². The molecule has 4 saturated carbocycles. The van der Waals surface area contributed by atoms with Crippen molar-refractivity contribution in [2.24, 2.45) is 46.0 Å². The average molecular weight is 741 g/mol. The molecule has 0 saturated heterocycles. The van der Waals surface area contributed by atoms with Crippen LogP contribution in [-0.4, -0.2) is 45.6 Å². The van der Waals surface area contributed by atoms with Crippen LogP contribution in [0.5, 0.6) is 11.5 Å². The van der Waals surface area contributed by atoms with Crippen LogP contribution >= 0.6 is 0 Å². The highest BCUT2D eigenvalue weighted by Gasteiger charge is 2.56. The Hall–Kier alpha value is -2.12. The number of unbranched alkanes of at least 4 members (excludes halogenated alkanes) is 3. The summed E-state index contributed by atoms with van der Waals surface area (Å²) in [6.07, 6.45) is 23.5. The lowest BCUT2D eigenvalue weighted by molar-refractivity contribution is 0.0381. The number of rotatable bonds is 13. The van der Waals surface area contributed by atoms with Crippen molar-refractivity contribution in [3.63, 3.8) is 0 Å². The van der Waals surface area contributed by atoms with Crippen molar-refractivity contribution in [3.05, 3.63) is 58.7 Å². The van der Waals surface area contributed by atoms with Gasteiger partial charge in [0.25, 0.3) is 0 Å². The van der Waals surface area contributed by atoms with E-state index in [9.17, 15) is 0 Å². The molecule has 11 atom stereocenters. The van der Waals surface area contributed by atoms with Crippen LogP contribution in [0.3, 0.4) is 0 Å². The zero-order valence-electron chi connectivity index (χ0n) is 34.8. The highest BCUT2D eigenvalue weighted by Crippen LogP contribution is 2.62. The molecular formula is C48H76N4O2. The standard InChI is InChI=1S/2C24H38N2O/c1-24-13-12-20-19-9-7-18(27-2)16-17(19)6-8-21(20)22(24)10-11-23(24)26-15-5-3-4-14-25;1-4-5-6-23(25)26-22-12-11-21-20-9-7-16-15-17(27-3)8-10-18(16)19(20)13-14-24(21,22)2/h7,9,16,20-23,26H,3-6,8,10-15,25H2,1-2H3;8,10,15,19-23,26H,4-7,9,11-14,25H2,1-3H3/t20-,21-,22+,23+,24+;19-,20-,21+,22+,23?,24+/m11/s1. The Kier molecular flexibility index (Phi) is 13.0. The number of ether oxygens (including phenoxy) is 2. The Morgan fingerprint density at radius 3 is 1.80 bits per heavy atom. The molecule has 1 unspecified atom stereocenters. The van der Waals surface area contributed by atoms with E-state index in [0.29, 0.717) is 16.9 Å². The third kappa shape index (κ3) is 7.89. The van der Waals surface area contributed by atoms with E-state index in [2.05, 4.69) is 67.8 Å². The van der Waals surface area contributed by atoms with Crippen LogP contribution in [0, 0.1) is 34.5 Å². The molecule has 4 fully saturated rings. The zero-order valence-corrected chi connectivity index (χ0v) is 34.8. The summed E-state index contributed by atoms with van der Waals surface area (Å²) >= 11 is 0. The molecule has 6 aliphatic carbocycles. The second kappa shape index (κ2) is 17.6. The topological polar surface area (TPSA) is 94.6 Å². The number of hydrogen-bond acceptors (Lipinski definition) is 6. The van der Waals surface area contributed by atoms with E-state index in [4.69, 9.17) is 20.9 Å². The molecule has 0 radical (unpaired) electrons. The molecule has 0 bridgehead atoms. The van der Waals surface area contributed by atoms with Crippen molar-refractivity contribution in [2.75, 3.05) is 27.3 Å². The third-order valence-corrected chi connectivity index (χ3v) is 16.4. The van der Waals surface area contributed by atoms with Gasteiger partial charge in [0.2, 0.25) is 0 Å². The second-order valence-corrected chi connectivity index (χ2v) is 19.0. The fourth-order valence-electron chi connectivity index (χ4n) is 13.5. The largest absolute Gasteiger partial charge is 0.497 e. The second-order valence-electron chi connectivity index (χ2n) is 19.0. The van der Waals surface area contributed by atoms with Gasteiger partial charge in [0, 0.05) is 12.1 Å². The van der Waals surface area contributed by atoms with Gasteiger partial charge in [-0.25, -0.2) is 0 Å². The van der Waals surface area contributed by atoms with E-state index >= 15 is 0 Å². The minimum Gasteiger partial charge on any atom is -0.497 e. The van der Waals surface area contributed by atoms with E-state index in [1.54, 1.807) is 30.9 Å².